The highest BCUT2D eigenvalue weighted by Gasteiger charge is 2.35. The number of carbonyl (C=O) groups is 1. The van der Waals surface area contributed by atoms with Crippen LogP contribution >= 0.6 is 0 Å². The third-order valence-corrected chi connectivity index (χ3v) is 3.68. The van der Waals surface area contributed by atoms with E-state index in [1.165, 1.54) is 0 Å². The molecular weight excluding hydrogens is 232 g/mol. The molecule has 0 saturated heterocycles. The van der Waals surface area contributed by atoms with Crippen LogP contribution < -0.4 is 5.11 Å². The van der Waals surface area contributed by atoms with Crippen LogP contribution in [-0.2, 0) is 14.6 Å². The summed E-state index contributed by atoms with van der Waals surface area (Å²) in [5.41, 5.74) is -1.86. The van der Waals surface area contributed by atoms with Crippen molar-refractivity contribution >= 4 is 5.97 Å². The Morgan fingerprint density at radius 2 is 1.78 bits per heavy atom. The molecule has 0 fully saturated rings. The molecule has 0 saturated carbocycles. The molecule has 0 rings (SSSR count). The van der Waals surface area contributed by atoms with Crippen molar-refractivity contribution < 1.29 is 19.7 Å². The Bertz CT molecular complexity index is 261. The van der Waals surface area contributed by atoms with Gasteiger partial charge in [0.15, 0.2) is 0 Å². The summed E-state index contributed by atoms with van der Waals surface area (Å²) in [6.07, 6.45) is 2.43. The van der Waals surface area contributed by atoms with E-state index in [-0.39, 0.29) is 5.92 Å². The van der Waals surface area contributed by atoms with Crippen LogP contribution in [0.4, 0.5) is 0 Å². The van der Waals surface area contributed by atoms with Gasteiger partial charge in [0.2, 0.25) is 0 Å². The van der Waals surface area contributed by atoms with Gasteiger partial charge in [-0.3, -0.25) is 0 Å². The second kappa shape index (κ2) is 7.10. The first kappa shape index (κ1) is 17.4. The van der Waals surface area contributed by atoms with Crippen molar-refractivity contribution in [1.82, 2.24) is 0 Å². The second-order valence-electron chi connectivity index (χ2n) is 5.66. The summed E-state index contributed by atoms with van der Waals surface area (Å²) >= 11 is 0. The summed E-state index contributed by atoms with van der Waals surface area (Å²) in [7, 11) is 0. The normalized spacial score (nSPS) is 15.7. The highest BCUT2D eigenvalue weighted by atomic mass is 17.2. The molecule has 0 N–H and O–H groups in total. The summed E-state index contributed by atoms with van der Waals surface area (Å²) in [6, 6.07) is 0. The summed E-state index contributed by atoms with van der Waals surface area (Å²) < 4.78 is 0. The molecule has 0 heterocycles. The standard InChI is InChI=1S/C14H28O4/c1-7-9-10-14(8-2,12(15)16)18-17-13(5,6)11(3)4/h11H,7-10H2,1-6H3,(H,15,16)/p-1. The van der Waals surface area contributed by atoms with Crippen molar-refractivity contribution in [3.8, 4) is 0 Å². The second-order valence-corrected chi connectivity index (χ2v) is 5.66. The molecule has 1 atom stereocenters. The van der Waals surface area contributed by atoms with Crippen molar-refractivity contribution in [3.63, 3.8) is 0 Å². The van der Waals surface area contributed by atoms with E-state index in [2.05, 4.69) is 0 Å². The zero-order valence-electron chi connectivity index (χ0n) is 12.5. The van der Waals surface area contributed by atoms with Crippen LogP contribution in [0.25, 0.3) is 0 Å². The Morgan fingerprint density at radius 3 is 2.11 bits per heavy atom. The van der Waals surface area contributed by atoms with Crippen LogP contribution in [0.1, 0.15) is 67.2 Å². The highest BCUT2D eigenvalue weighted by molar-refractivity contribution is 5.75. The Hall–Kier alpha value is -0.610. The van der Waals surface area contributed by atoms with E-state index in [1.807, 2.05) is 34.6 Å². The van der Waals surface area contributed by atoms with Gasteiger partial charge in [-0.1, -0.05) is 40.5 Å². The minimum atomic E-state index is -1.33. The molecule has 4 nitrogen and oxygen atoms in total. The van der Waals surface area contributed by atoms with Gasteiger partial charge in [-0.25, -0.2) is 9.78 Å². The van der Waals surface area contributed by atoms with Gasteiger partial charge in [0.25, 0.3) is 0 Å². The van der Waals surface area contributed by atoms with Crippen LogP contribution in [0.15, 0.2) is 0 Å². The fourth-order valence-electron chi connectivity index (χ4n) is 1.30. The zero-order chi connectivity index (χ0) is 14.4. The van der Waals surface area contributed by atoms with Crippen molar-refractivity contribution in [1.29, 1.82) is 0 Å². The predicted molar refractivity (Wildman–Crippen MR) is 68.6 cm³/mol. The summed E-state index contributed by atoms with van der Waals surface area (Å²) in [4.78, 5) is 22.0. The average molecular weight is 259 g/mol. The maximum atomic E-state index is 11.3. The van der Waals surface area contributed by atoms with E-state index in [0.717, 1.165) is 12.8 Å². The molecule has 0 aromatic rings. The van der Waals surface area contributed by atoms with E-state index in [9.17, 15) is 9.90 Å². The number of carboxylic acid groups (broad SMARTS) is 1. The minimum Gasteiger partial charge on any atom is -0.547 e. The molecule has 0 amide bonds. The van der Waals surface area contributed by atoms with E-state index < -0.39 is 17.2 Å². The lowest BCUT2D eigenvalue weighted by molar-refractivity contribution is -0.429. The van der Waals surface area contributed by atoms with Crippen molar-refractivity contribution in [2.24, 2.45) is 5.92 Å². The van der Waals surface area contributed by atoms with E-state index >= 15 is 0 Å². The molecule has 18 heavy (non-hydrogen) atoms. The van der Waals surface area contributed by atoms with Gasteiger partial charge in [-0.2, -0.15) is 0 Å². The lowest BCUT2D eigenvalue weighted by Gasteiger charge is -2.37. The quantitative estimate of drug-likeness (QED) is 0.471. The molecule has 0 radical (unpaired) electrons. The topological polar surface area (TPSA) is 58.6 Å². The molecular formula is C14H27O4-. The number of carboxylic acids is 1. The maximum absolute atomic E-state index is 11.3. The fraction of sp³-hybridized carbons (Fsp3) is 0.929. The largest absolute Gasteiger partial charge is 0.547 e. The smallest absolute Gasteiger partial charge is 0.142 e. The fourth-order valence-corrected chi connectivity index (χ4v) is 1.30. The van der Waals surface area contributed by atoms with Gasteiger partial charge in [-0.05, 0) is 32.6 Å². The van der Waals surface area contributed by atoms with E-state index in [1.54, 1.807) is 6.92 Å². The number of hydrogen-bond acceptors (Lipinski definition) is 4. The summed E-state index contributed by atoms with van der Waals surface area (Å²) in [5.74, 6) is -0.974. The van der Waals surface area contributed by atoms with Crippen LogP contribution in [0, 0.1) is 5.92 Å². The Morgan fingerprint density at radius 1 is 1.22 bits per heavy atom. The molecule has 0 aromatic heterocycles. The van der Waals surface area contributed by atoms with Crippen molar-refractivity contribution in [3.05, 3.63) is 0 Å². The first-order chi connectivity index (χ1) is 8.22. The number of unbranched alkanes of at least 4 members (excludes halogenated alkanes) is 1. The molecule has 108 valence electrons. The molecule has 0 aliphatic heterocycles. The molecule has 0 spiro atoms. The number of carbonyl (C=O) groups excluding carboxylic acids is 1. The zero-order valence-corrected chi connectivity index (χ0v) is 12.5. The monoisotopic (exact) mass is 259 g/mol. The lowest BCUT2D eigenvalue weighted by Crippen LogP contribution is -2.51. The predicted octanol–water partition coefficient (Wildman–Crippen LogP) is 2.46. The van der Waals surface area contributed by atoms with Gasteiger partial charge >= 0.3 is 0 Å². The Balaban J connectivity index is 4.74. The van der Waals surface area contributed by atoms with Crippen LogP contribution in [-0.4, -0.2) is 17.2 Å². The van der Waals surface area contributed by atoms with Crippen molar-refractivity contribution in [2.45, 2.75) is 78.4 Å². The van der Waals surface area contributed by atoms with Crippen LogP contribution in [0.5, 0.6) is 0 Å². The van der Waals surface area contributed by atoms with Crippen LogP contribution in [0.2, 0.25) is 0 Å². The molecule has 0 aliphatic rings. The minimum absolute atomic E-state index is 0.222. The first-order valence-electron chi connectivity index (χ1n) is 6.80. The van der Waals surface area contributed by atoms with Gasteiger partial charge < -0.3 is 9.90 Å². The molecule has 4 heteroatoms. The maximum Gasteiger partial charge on any atom is 0.142 e. The van der Waals surface area contributed by atoms with E-state index in [0.29, 0.717) is 12.8 Å². The van der Waals surface area contributed by atoms with Gasteiger partial charge in [-0.15, -0.1) is 0 Å². The van der Waals surface area contributed by atoms with Crippen LogP contribution in [0.3, 0.4) is 0 Å². The van der Waals surface area contributed by atoms with Crippen molar-refractivity contribution in [2.75, 3.05) is 0 Å². The summed E-state index contributed by atoms with van der Waals surface area (Å²) in [5, 5.41) is 11.3. The Kier molecular flexibility index (Phi) is 6.86. The molecule has 1 unspecified atom stereocenters. The number of rotatable bonds is 9. The summed E-state index contributed by atoms with van der Waals surface area (Å²) in [6.45, 7) is 11.6. The first-order valence-corrected chi connectivity index (χ1v) is 6.80. The molecule has 0 bridgehead atoms. The lowest BCUT2D eigenvalue weighted by atomic mass is 9.93. The number of aliphatic carboxylic acids is 1. The average Bonchev–Trinajstić information content (AvgIpc) is 2.29. The molecule has 0 aromatic carbocycles. The number of hydrogen-bond donors (Lipinski definition) is 0. The highest BCUT2D eigenvalue weighted by Crippen LogP contribution is 2.28. The van der Waals surface area contributed by atoms with Gasteiger partial charge in [0, 0.05) is 0 Å². The van der Waals surface area contributed by atoms with Gasteiger partial charge in [0.1, 0.15) is 11.2 Å². The third-order valence-electron chi connectivity index (χ3n) is 3.68. The molecule has 0 aliphatic carbocycles. The van der Waals surface area contributed by atoms with E-state index in [4.69, 9.17) is 9.78 Å². The third kappa shape index (κ3) is 4.58. The van der Waals surface area contributed by atoms with Gasteiger partial charge in [0.05, 0.1) is 5.97 Å². The Labute approximate surface area is 111 Å². The SMILES string of the molecule is CCCCC(CC)(OOC(C)(C)C(C)C)C(=O)[O-].